The van der Waals surface area contributed by atoms with Crippen LogP contribution in [0.25, 0.3) is 0 Å². The van der Waals surface area contributed by atoms with Gasteiger partial charge in [-0.05, 0) is 47.4 Å². The molecule has 0 saturated carbocycles. The fourth-order valence-corrected chi connectivity index (χ4v) is 3.09. The van der Waals surface area contributed by atoms with Crippen molar-refractivity contribution in [2.45, 2.75) is 46.8 Å². The Morgan fingerprint density at radius 2 is 2.00 bits per heavy atom. The Hall–Kier alpha value is -2.14. The minimum absolute atomic E-state index is 0.00801. The lowest BCUT2D eigenvalue weighted by Crippen LogP contribution is -2.36. The number of amides is 1. The predicted molar refractivity (Wildman–Crippen MR) is 96.8 cm³/mol. The third kappa shape index (κ3) is 3.85. The molecular formula is C19H28N4O. The van der Waals surface area contributed by atoms with Crippen molar-refractivity contribution in [1.82, 2.24) is 20.0 Å². The molecule has 1 aromatic carbocycles. The highest BCUT2D eigenvalue weighted by atomic mass is 16.2. The normalized spacial score (nSPS) is 12.5. The van der Waals surface area contributed by atoms with E-state index in [0.29, 0.717) is 6.54 Å². The molecule has 24 heavy (non-hydrogen) atoms. The van der Waals surface area contributed by atoms with Gasteiger partial charge in [0.05, 0.1) is 5.69 Å². The van der Waals surface area contributed by atoms with Gasteiger partial charge < -0.3 is 5.32 Å². The topological polar surface area (TPSA) is 50.2 Å². The summed E-state index contributed by atoms with van der Waals surface area (Å²) in [4.78, 5) is 14.7. The fourth-order valence-electron chi connectivity index (χ4n) is 3.09. The van der Waals surface area contributed by atoms with Gasteiger partial charge in [0.1, 0.15) is 6.04 Å². The van der Waals surface area contributed by atoms with Crippen LogP contribution in [0.1, 0.15) is 41.0 Å². The maximum absolute atomic E-state index is 12.8. The van der Waals surface area contributed by atoms with Gasteiger partial charge in [-0.1, -0.05) is 29.8 Å². The summed E-state index contributed by atoms with van der Waals surface area (Å²) in [6, 6.07) is 7.80. The lowest BCUT2D eigenvalue weighted by molar-refractivity contribution is -0.125. The van der Waals surface area contributed by atoms with Gasteiger partial charge in [0, 0.05) is 24.3 Å². The second kappa shape index (κ2) is 7.62. The Balaban J connectivity index is 2.16. The van der Waals surface area contributed by atoms with E-state index in [2.05, 4.69) is 30.3 Å². The number of rotatable bonds is 6. The maximum atomic E-state index is 12.8. The molecule has 1 N–H and O–H groups in total. The van der Waals surface area contributed by atoms with Gasteiger partial charge >= 0.3 is 0 Å². The van der Waals surface area contributed by atoms with E-state index in [1.165, 1.54) is 0 Å². The Bertz CT molecular complexity index is 718. The minimum Gasteiger partial charge on any atom is -0.350 e. The monoisotopic (exact) mass is 328 g/mol. The van der Waals surface area contributed by atoms with E-state index in [0.717, 1.165) is 34.6 Å². The van der Waals surface area contributed by atoms with Gasteiger partial charge in [-0.25, -0.2) is 0 Å². The van der Waals surface area contributed by atoms with Crippen LogP contribution < -0.4 is 5.32 Å². The molecule has 0 spiro atoms. The smallest absolute Gasteiger partial charge is 0.242 e. The van der Waals surface area contributed by atoms with Crippen molar-refractivity contribution in [3.05, 3.63) is 52.3 Å². The average Bonchev–Trinajstić information content (AvgIpc) is 2.79. The number of aromatic nitrogens is 2. The Morgan fingerprint density at radius 3 is 2.54 bits per heavy atom. The second-order valence-electron chi connectivity index (χ2n) is 6.46. The van der Waals surface area contributed by atoms with Crippen molar-refractivity contribution < 1.29 is 4.79 Å². The Kier molecular flexibility index (Phi) is 5.78. The van der Waals surface area contributed by atoms with Crippen molar-refractivity contribution >= 4 is 5.91 Å². The molecule has 1 amide bonds. The van der Waals surface area contributed by atoms with Crippen LogP contribution in [-0.2, 0) is 17.9 Å². The van der Waals surface area contributed by atoms with Crippen molar-refractivity contribution in [2.75, 3.05) is 14.1 Å². The van der Waals surface area contributed by atoms with Crippen molar-refractivity contribution in [3.63, 3.8) is 0 Å². The first-order valence-corrected chi connectivity index (χ1v) is 8.38. The van der Waals surface area contributed by atoms with E-state index in [1.54, 1.807) is 0 Å². The van der Waals surface area contributed by atoms with E-state index >= 15 is 0 Å². The summed E-state index contributed by atoms with van der Waals surface area (Å²) in [5, 5.41) is 7.59. The molecule has 0 aliphatic carbocycles. The molecular weight excluding hydrogens is 300 g/mol. The van der Waals surface area contributed by atoms with E-state index in [9.17, 15) is 4.79 Å². The molecule has 1 aromatic heterocycles. The highest BCUT2D eigenvalue weighted by molar-refractivity contribution is 5.83. The summed E-state index contributed by atoms with van der Waals surface area (Å²) in [7, 11) is 3.86. The van der Waals surface area contributed by atoms with Gasteiger partial charge in [-0.15, -0.1) is 0 Å². The summed E-state index contributed by atoms with van der Waals surface area (Å²) in [5.41, 5.74) is 5.36. The number of carbonyl (C=O) groups is 1. The van der Waals surface area contributed by atoms with E-state index in [-0.39, 0.29) is 11.9 Å². The number of nitrogens with one attached hydrogen (secondary N) is 1. The van der Waals surface area contributed by atoms with Crippen LogP contribution in [0.3, 0.4) is 0 Å². The van der Waals surface area contributed by atoms with Gasteiger partial charge in [0.15, 0.2) is 0 Å². The quantitative estimate of drug-likeness (QED) is 0.887. The molecule has 5 nitrogen and oxygen atoms in total. The van der Waals surface area contributed by atoms with Crippen molar-refractivity contribution in [2.24, 2.45) is 0 Å². The highest BCUT2D eigenvalue weighted by Crippen LogP contribution is 2.20. The summed E-state index contributed by atoms with van der Waals surface area (Å²) in [6.07, 6.45) is 0. The first-order chi connectivity index (χ1) is 11.3. The Morgan fingerprint density at radius 1 is 1.29 bits per heavy atom. The number of hydrogen-bond donors (Lipinski definition) is 1. The average molecular weight is 328 g/mol. The molecule has 0 aliphatic rings. The number of likely N-dealkylation sites (N-methyl/N-ethyl adjacent to an activating group) is 1. The summed E-state index contributed by atoms with van der Waals surface area (Å²) < 4.78 is 1.97. The first kappa shape index (κ1) is 18.2. The second-order valence-corrected chi connectivity index (χ2v) is 6.46. The van der Waals surface area contributed by atoms with Crippen LogP contribution in [-0.4, -0.2) is 34.7 Å². The van der Waals surface area contributed by atoms with E-state index in [1.807, 2.05) is 55.7 Å². The molecule has 130 valence electrons. The predicted octanol–water partition coefficient (Wildman–Crippen LogP) is 2.75. The molecule has 2 rings (SSSR count). The SMILES string of the molecule is CCn1nc(C)c(CNC(=O)C(c2cccc(C)c2)N(C)C)c1C. The van der Waals surface area contributed by atoms with Gasteiger partial charge in [0.2, 0.25) is 5.91 Å². The molecule has 1 unspecified atom stereocenters. The van der Waals surface area contributed by atoms with Gasteiger partial charge in [0.25, 0.3) is 0 Å². The first-order valence-electron chi connectivity index (χ1n) is 8.38. The Labute approximate surface area is 144 Å². The molecule has 5 heteroatoms. The third-order valence-corrected chi connectivity index (χ3v) is 4.39. The van der Waals surface area contributed by atoms with Crippen molar-refractivity contribution in [1.29, 1.82) is 0 Å². The zero-order chi connectivity index (χ0) is 17.9. The van der Waals surface area contributed by atoms with Crippen LogP contribution in [0.2, 0.25) is 0 Å². The molecule has 1 heterocycles. The largest absolute Gasteiger partial charge is 0.350 e. The number of nitrogens with zero attached hydrogens (tertiary/aromatic N) is 3. The molecule has 2 aromatic rings. The fraction of sp³-hybridized carbons (Fsp3) is 0.474. The molecule has 0 fully saturated rings. The van der Waals surface area contributed by atoms with Crippen LogP contribution in [0.15, 0.2) is 24.3 Å². The summed E-state index contributed by atoms with van der Waals surface area (Å²) >= 11 is 0. The van der Waals surface area contributed by atoms with Crippen LogP contribution >= 0.6 is 0 Å². The number of benzene rings is 1. The lowest BCUT2D eigenvalue weighted by atomic mass is 10.0. The van der Waals surface area contributed by atoms with Gasteiger partial charge in [-0.2, -0.15) is 5.10 Å². The van der Waals surface area contributed by atoms with E-state index < -0.39 is 0 Å². The lowest BCUT2D eigenvalue weighted by Gasteiger charge is -2.24. The van der Waals surface area contributed by atoms with Crippen LogP contribution in [0.5, 0.6) is 0 Å². The third-order valence-electron chi connectivity index (χ3n) is 4.39. The molecule has 0 aliphatic heterocycles. The molecule has 0 bridgehead atoms. The molecule has 0 radical (unpaired) electrons. The standard InChI is InChI=1S/C19H28N4O/c1-7-23-15(4)17(14(3)21-23)12-20-19(24)18(22(5)6)16-10-8-9-13(2)11-16/h8-11,18H,7,12H2,1-6H3,(H,20,24). The maximum Gasteiger partial charge on any atom is 0.242 e. The number of hydrogen-bond acceptors (Lipinski definition) is 3. The number of carbonyl (C=O) groups excluding carboxylic acids is 1. The molecule has 1 atom stereocenters. The minimum atomic E-state index is -0.299. The number of aryl methyl sites for hydroxylation is 3. The summed E-state index contributed by atoms with van der Waals surface area (Å²) in [6.45, 7) is 9.50. The van der Waals surface area contributed by atoms with Gasteiger partial charge in [-0.3, -0.25) is 14.4 Å². The zero-order valence-electron chi connectivity index (χ0n) is 15.6. The summed E-state index contributed by atoms with van der Waals surface area (Å²) in [5.74, 6) is 0.00801. The van der Waals surface area contributed by atoms with E-state index in [4.69, 9.17) is 0 Å². The van der Waals surface area contributed by atoms with Crippen molar-refractivity contribution in [3.8, 4) is 0 Å². The van der Waals surface area contributed by atoms with Crippen LogP contribution in [0.4, 0.5) is 0 Å². The highest BCUT2D eigenvalue weighted by Gasteiger charge is 2.23. The van der Waals surface area contributed by atoms with Crippen LogP contribution in [0, 0.1) is 20.8 Å². The molecule has 0 saturated heterocycles. The zero-order valence-corrected chi connectivity index (χ0v) is 15.6.